The molecular weight excluding hydrogens is 174 g/mol. The van der Waals surface area contributed by atoms with Crippen molar-refractivity contribution < 1.29 is 0 Å². The first-order chi connectivity index (χ1) is 5.68. The Morgan fingerprint density at radius 2 is 2.25 bits per heavy atom. The third kappa shape index (κ3) is 0.975. The molecule has 62 valence electrons. The van der Waals surface area contributed by atoms with Gasteiger partial charge in [-0.2, -0.15) is 5.10 Å². The Balaban J connectivity index is 2.90. The molecule has 0 saturated heterocycles. The molecular formula is C8H8ClN3. The van der Waals surface area contributed by atoms with E-state index in [-0.39, 0.29) is 0 Å². The van der Waals surface area contributed by atoms with Crippen LogP contribution in [-0.4, -0.2) is 14.8 Å². The molecule has 12 heavy (non-hydrogen) atoms. The second-order valence-electron chi connectivity index (χ2n) is 2.73. The Labute approximate surface area is 75.0 Å². The number of pyridine rings is 1. The van der Waals surface area contributed by atoms with Gasteiger partial charge in [-0.3, -0.25) is 4.68 Å². The second kappa shape index (κ2) is 2.45. The van der Waals surface area contributed by atoms with E-state index in [4.69, 9.17) is 11.6 Å². The minimum Gasteiger partial charge on any atom is -0.266 e. The lowest BCUT2D eigenvalue weighted by Gasteiger charge is -1.92. The Hall–Kier alpha value is -1.09. The zero-order chi connectivity index (χ0) is 8.72. The molecule has 0 unspecified atom stereocenters. The normalized spacial score (nSPS) is 10.9. The molecule has 0 aliphatic heterocycles. The van der Waals surface area contributed by atoms with Crippen molar-refractivity contribution >= 4 is 22.5 Å². The summed E-state index contributed by atoms with van der Waals surface area (Å²) < 4.78 is 1.80. The summed E-state index contributed by atoms with van der Waals surface area (Å²) in [5.41, 5.74) is 1.99. The van der Waals surface area contributed by atoms with Gasteiger partial charge in [-0.15, -0.1) is 0 Å². The molecule has 3 nitrogen and oxygen atoms in total. The number of aryl methyl sites for hydroxylation is 2. The number of halogens is 1. The van der Waals surface area contributed by atoms with Gasteiger partial charge in [0.25, 0.3) is 0 Å². The summed E-state index contributed by atoms with van der Waals surface area (Å²) in [5, 5.41) is 5.83. The van der Waals surface area contributed by atoms with Crippen molar-refractivity contribution in [3.63, 3.8) is 0 Å². The van der Waals surface area contributed by atoms with Crippen LogP contribution in [0.25, 0.3) is 10.9 Å². The summed E-state index contributed by atoms with van der Waals surface area (Å²) in [5.74, 6) is 0. The van der Waals surface area contributed by atoms with Gasteiger partial charge in [-0.05, 0) is 13.0 Å². The standard InChI is InChI=1S/C8H8ClN3/c1-5-6-3-8(9)10-4-7(6)12(2)11-5/h3-4H,1-2H3. The lowest BCUT2D eigenvalue weighted by Crippen LogP contribution is -1.89. The molecule has 0 fully saturated rings. The molecule has 2 rings (SSSR count). The van der Waals surface area contributed by atoms with Gasteiger partial charge in [0.15, 0.2) is 0 Å². The summed E-state index contributed by atoms with van der Waals surface area (Å²) >= 11 is 5.75. The molecule has 0 N–H and O–H groups in total. The zero-order valence-electron chi connectivity index (χ0n) is 6.87. The van der Waals surface area contributed by atoms with E-state index in [2.05, 4.69) is 10.1 Å². The highest BCUT2D eigenvalue weighted by atomic mass is 35.5. The molecule has 0 spiro atoms. The lowest BCUT2D eigenvalue weighted by atomic mass is 10.3. The minimum atomic E-state index is 0.513. The van der Waals surface area contributed by atoms with Crippen molar-refractivity contribution in [1.29, 1.82) is 0 Å². The van der Waals surface area contributed by atoms with Crippen molar-refractivity contribution in [1.82, 2.24) is 14.8 Å². The SMILES string of the molecule is Cc1nn(C)c2cnc(Cl)cc12. The molecule has 0 saturated carbocycles. The van der Waals surface area contributed by atoms with E-state index in [1.54, 1.807) is 10.9 Å². The Kier molecular flexibility index (Phi) is 1.54. The van der Waals surface area contributed by atoms with Crippen molar-refractivity contribution in [2.24, 2.45) is 7.05 Å². The molecule has 2 aromatic rings. The summed E-state index contributed by atoms with van der Waals surface area (Å²) in [6, 6.07) is 1.83. The third-order valence-electron chi connectivity index (χ3n) is 1.89. The maximum Gasteiger partial charge on any atom is 0.129 e. The van der Waals surface area contributed by atoms with Crippen molar-refractivity contribution in [3.05, 3.63) is 23.1 Å². The predicted octanol–water partition coefficient (Wildman–Crippen LogP) is 1.93. The quantitative estimate of drug-likeness (QED) is 0.582. The Bertz CT molecular complexity index is 433. The second-order valence-corrected chi connectivity index (χ2v) is 3.12. The van der Waals surface area contributed by atoms with Crippen LogP contribution in [-0.2, 0) is 7.05 Å². The molecule has 0 aromatic carbocycles. The topological polar surface area (TPSA) is 30.7 Å². The van der Waals surface area contributed by atoms with Crippen LogP contribution in [0.2, 0.25) is 5.15 Å². The molecule has 2 heterocycles. The largest absolute Gasteiger partial charge is 0.266 e. The maximum absolute atomic E-state index is 5.75. The fraction of sp³-hybridized carbons (Fsp3) is 0.250. The van der Waals surface area contributed by atoms with Crippen LogP contribution < -0.4 is 0 Å². The van der Waals surface area contributed by atoms with Gasteiger partial charge in [0, 0.05) is 12.4 Å². The first-order valence-electron chi connectivity index (χ1n) is 3.63. The minimum absolute atomic E-state index is 0.513. The number of hydrogen-bond acceptors (Lipinski definition) is 2. The summed E-state index contributed by atoms with van der Waals surface area (Å²) in [7, 11) is 1.89. The highest BCUT2D eigenvalue weighted by Crippen LogP contribution is 2.18. The molecule has 0 atom stereocenters. The summed E-state index contributed by atoms with van der Waals surface area (Å²) in [4.78, 5) is 3.99. The molecule has 0 radical (unpaired) electrons. The average molecular weight is 182 g/mol. The summed E-state index contributed by atoms with van der Waals surface area (Å²) in [6.45, 7) is 1.96. The fourth-order valence-corrected chi connectivity index (χ4v) is 1.46. The predicted molar refractivity (Wildman–Crippen MR) is 48.3 cm³/mol. The van der Waals surface area contributed by atoms with Crippen LogP contribution in [0.4, 0.5) is 0 Å². The van der Waals surface area contributed by atoms with Crippen molar-refractivity contribution in [2.75, 3.05) is 0 Å². The third-order valence-corrected chi connectivity index (χ3v) is 2.09. The number of hydrogen-bond donors (Lipinski definition) is 0. The van der Waals surface area contributed by atoms with Crippen LogP contribution in [0.3, 0.4) is 0 Å². The maximum atomic E-state index is 5.75. The van der Waals surface area contributed by atoms with E-state index in [1.165, 1.54) is 0 Å². The zero-order valence-corrected chi connectivity index (χ0v) is 7.63. The average Bonchev–Trinajstić information content (AvgIpc) is 2.28. The fourth-order valence-electron chi connectivity index (χ4n) is 1.30. The smallest absolute Gasteiger partial charge is 0.129 e. The molecule has 0 aliphatic rings. The monoisotopic (exact) mass is 181 g/mol. The molecule has 2 aromatic heterocycles. The van der Waals surface area contributed by atoms with Crippen LogP contribution in [0.5, 0.6) is 0 Å². The number of fused-ring (bicyclic) bond motifs is 1. The van der Waals surface area contributed by atoms with Gasteiger partial charge in [0.1, 0.15) is 5.15 Å². The number of rotatable bonds is 0. The molecule has 4 heteroatoms. The van der Waals surface area contributed by atoms with Gasteiger partial charge >= 0.3 is 0 Å². The van der Waals surface area contributed by atoms with Crippen LogP contribution in [0.15, 0.2) is 12.3 Å². The van der Waals surface area contributed by atoms with E-state index in [0.29, 0.717) is 5.15 Å². The van der Waals surface area contributed by atoms with Gasteiger partial charge in [-0.1, -0.05) is 11.6 Å². The Morgan fingerprint density at radius 1 is 1.50 bits per heavy atom. The van der Waals surface area contributed by atoms with E-state index in [0.717, 1.165) is 16.6 Å². The van der Waals surface area contributed by atoms with E-state index in [9.17, 15) is 0 Å². The van der Waals surface area contributed by atoms with Gasteiger partial charge in [-0.25, -0.2) is 4.98 Å². The van der Waals surface area contributed by atoms with Crippen LogP contribution in [0.1, 0.15) is 5.69 Å². The number of nitrogens with zero attached hydrogens (tertiary/aromatic N) is 3. The lowest BCUT2D eigenvalue weighted by molar-refractivity contribution is 0.782. The van der Waals surface area contributed by atoms with Crippen molar-refractivity contribution in [3.8, 4) is 0 Å². The highest BCUT2D eigenvalue weighted by molar-refractivity contribution is 6.30. The first kappa shape index (κ1) is 7.55. The van der Waals surface area contributed by atoms with Crippen LogP contribution >= 0.6 is 11.6 Å². The van der Waals surface area contributed by atoms with Crippen LogP contribution in [0, 0.1) is 6.92 Å². The van der Waals surface area contributed by atoms with Crippen molar-refractivity contribution in [2.45, 2.75) is 6.92 Å². The highest BCUT2D eigenvalue weighted by Gasteiger charge is 2.04. The van der Waals surface area contributed by atoms with Gasteiger partial charge < -0.3 is 0 Å². The van der Waals surface area contributed by atoms with Gasteiger partial charge in [0.05, 0.1) is 17.4 Å². The first-order valence-corrected chi connectivity index (χ1v) is 4.01. The summed E-state index contributed by atoms with van der Waals surface area (Å²) in [6.07, 6.45) is 1.73. The van der Waals surface area contributed by atoms with E-state index in [1.807, 2.05) is 20.0 Å². The molecule has 0 aliphatic carbocycles. The number of aromatic nitrogens is 3. The van der Waals surface area contributed by atoms with Gasteiger partial charge in [0.2, 0.25) is 0 Å². The molecule has 0 bridgehead atoms. The van der Waals surface area contributed by atoms with E-state index >= 15 is 0 Å². The van der Waals surface area contributed by atoms with E-state index < -0.39 is 0 Å². The Morgan fingerprint density at radius 3 is 3.00 bits per heavy atom. The molecule has 0 amide bonds.